The average Bonchev–Trinajstić information content (AvgIpc) is 3.58. The first-order valence-electron chi connectivity index (χ1n) is 20.1. The summed E-state index contributed by atoms with van der Waals surface area (Å²) >= 11 is 0. The highest BCUT2D eigenvalue weighted by atomic mass is 16.6. The smallest absolute Gasteiger partial charge is 0.328 e. The Labute approximate surface area is 354 Å². The molecule has 0 spiro atoms. The minimum Gasteiger partial charge on any atom is -0.461 e. The van der Waals surface area contributed by atoms with Crippen LogP contribution in [0.1, 0.15) is 15.9 Å². The predicted molar refractivity (Wildman–Crippen MR) is 220 cm³/mol. The number of aromatic nitrogens is 4. The number of hydrogen-bond donors (Lipinski definition) is 3. The number of nitrogens with one attached hydrogen (secondary N) is 2. The fraction of sp³-hybridized carbons (Fsp3) is 0.684. The van der Waals surface area contributed by atoms with Gasteiger partial charge < -0.3 is 72.9 Å². The molecule has 23 heteroatoms. The number of nitrogens with two attached hydrogens (primary N) is 1. The Morgan fingerprint density at radius 3 is 1.61 bits per heavy atom. The first kappa shape index (κ1) is 50.9. The molecule has 0 aliphatic heterocycles. The number of nitrogens with zero attached hydrogens (tertiary/aromatic N) is 6. The summed E-state index contributed by atoms with van der Waals surface area (Å²) in [6.45, 7) is 10.3. The van der Waals surface area contributed by atoms with Gasteiger partial charge in [-0.1, -0.05) is 17.2 Å². The number of azide groups is 1. The lowest BCUT2D eigenvalue weighted by Crippen LogP contribution is -2.27. The van der Waals surface area contributed by atoms with Crippen molar-refractivity contribution in [2.24, 2.45) is 5.11 Å². The second-order valence-corrected chi connectivity index (χ2v) is 12.5. The third-order valence-corrected chi connectivity index (χ3v) is 7.98. The number of fused-ring (bicyclic) bond motifs is 1. The van der Waals surface area contributed by atoms with Gasteiger partial charge >= 0.3 is 11.7 Å². The number of amides is 1. The number of methoxy groups -OCH3 is 1. The van der Waals surface area contributed by atoms with Crippen LogP contribution < -0.4 is 21.5 Å². The molecule has 0 aliphatic rings. The van der Waals surface area contributed by atoms with Gasteiger partial charge in [-0.2, -0.15) is 9.97 Å². The molecule has 0 bridgehead atoms. The number of carbonyl (C=O) groups excluding carboxylic acids is 1. The first-order chi connectivity index (χ1) is 30.0. The molecule has 23 nitrogen and oxygen atoms in total. The maximum atomic E-state index is 12.7. The van der Waals surface area contributed by atoms with Crippen molar-refractivity contribution in [1.29, 1.82) is 0 Å². The number of rotatable bonds is 40. The number of aromatic amines is 1. The monoisotopic (exact) mass is 867 g/mol. The Hall–Kier alpha value is -4.49. The standard InChI is InChI=1S/C38H61N9O14/c1-50-10-29-61-37-44-34(39)33-35(45-37)47(38(49)43-33)30-31-2-4-32(5-3-31)36(48)41-6-8-51-11-13-53-15-17-55-19-21-57-23-25-59-27-28-60-26-24-58-22-20-56-18-16-54-14-12-52-9-7-42-46-40/h2-5H,6-30H2,1H3,(H,41,48)(H,43,49)(H2,39,44,45). The molecule has 0 saturated heterocycles. The zero-order valence-corrected chi connectivity index (χ0v) is 35.0. The predicted octanol–water partition coefficient (Wildman–Crippen LogP) is 0.981. The molecule has 0 aliphatic carbocycles. The third-order valence-electron chi connectivity index (χ3n) is 7.98. The maximum absolute atomic E-state index is 12.7. The van der Waals surface area contributed by atoms with Gasteiger partial charge in [0.1, 0.15) is 12.1 Å². The summed E-state index contributed by atoms with van der Waals surface area (Å²) in [7, 11) is 1.55. The van der Waals surface area contributed by atoms with E-state index in [-0.39, 0.29) is 30.9 Å². The quantitative estimate of drug-likeness (QED) is 0.0311. The van der Waals surface area contributed by atoms with E-state index in [9.17, 15) is 9.59 Å². The summed E-state index contributed by atoms with van der Waals surface area (Å²) in [6.07, 6.45) is 0. The number of ether oxygens (including phenoxy) is 12. The van der Waals surface area contributed by atoms with Crippen LogP contribution in [0.25, 0.3) is 21.6 Å². The summed E-state index contributed by atoms with van der Waals surface area (Å²) in [4.78, 5) is 39.0. The van der Waals surface area contributed by atoms with Gasteiger partial charge in [-0.15, -0.1) is 0 Å². The fourth-order valence-corrected chi connectivity index (χ4v) is 4.97. The molecule has 4 N–H and O–H groups in total. The van der Waals surface area contributed by atoms with E-state index in [4.69, 9.17) is 68.1 Å². The molecule has 3 aromatic rings. The van der Waals surface area contributed by atoms with E-state index in [1.165, 1.54) is 4.57 Å². The lowest BCUT2D eigenvalue weighted by Gasteiger charge is -2.09. The Bertz CT molecular complexity index is 1690. The second-order valence-electron chi connectivity index (χ2n) is 12.5. The van der Waals surface area contributed by atoms with Gasteiger partial charge in [0.2, 0.25) is 0 Å². The number of anilines is 1. The normalized spacial score (nSPS) is 11.3. The van der Waals surface area contributed by atoms with Gasteiger partial charge in [0.25, 0.3) is 5.91 Å². The molecule has 1 amide bonds. The summed E-state index contributed by atoms with van der Waals surface area (Å²) in [5.41, 5.74) is 15.6. The summed E-state index contributed by atoms with van der Waals surface area (Å²) in [6, 6.07) is 6.94. The largest absolute Gasteiger partial charge is 0.461 e. The van der Waals surface area contributed by atoms with E-state index in [2.05, 4.69) is 30.3 Å². The summed E-state index contributed by atoms with van der Waals surface area (Å²) < 4.78 is 66.4. The molecule has 2 heterocycles. The highest BCUT2D eigenvalue weighted by Crippen LogP contribution is 2.18. The van der Waals surface area contributed by atoms with Crippen LogP contribution in [0, 0.1) is 0 Å². The van der Waals surface area contributed by atoms with E-state index in [0.717, 1.165) is 5.56 Å². The lowest BCUT2D eigenvalue weighted by atomic mass is 10.1. The number of nitrogen functional groups attached to an aromatic ring is 1. The molecule has 0 atom stereocenters. The van der Waals surface area contributed by atoms with Crippen LogP contribution in [0.5, 0.6) is 6.01 Å². The molecule has 1 aromatic carbocycles. The van der Waals surface area contributed by atoms with E-state index in [1.54, 1.807) is 31.4 Å². The molecule has 0 saturated carbocycles. The maximum Gasteiger partial charge on any atom is 0.328 e. The molecule has 0 fully saturated rings. The molecule has 0 radical (unpaired) electrons. The van der Waals surface area contributed by atoms with Crippen molar-refractivity contribution >= 4 is 22.9 Å². The second kappa shape index (κ2) is 34.1. The number of imidazole rings is 1. The lowest BCUT2D eigenvalue weighted by molar-refractivity contribution is -0.0262. The number of carbonyl (C=O) groups is 1. The minimum absolute atomic E-state index is 0.0414. The van der Waals surface area contributed by atoms with Crippen LogP contribution >= 0.6 is 0 Å². The zero-order chi connectivity index (χ0) is 43.4. The molecule has 0 unspecified atom stereocenters. The van der Waals surface area contributed by atoms with Crippen molar-refractivity contribution in [2.45, 2.75) is 6.54 Å². The van der Waals surface area contributed by atoms with Crippen molar-refractivity contribution in [3.05, 3.63) is 56.3 Å². The van der Waals surface area contributed by atoms with Crippen molar-refractivity contribution < 1.29 is 61.6 Å². The van der Waals surface area contributed by atoms with Crippen LogP contribution in [0.4, 0.5) is 5.82 Å². The third kappa shape index (κ3) is 23.3. The van der Waals surface area contributed by atoms with Crippen LogP contribution in [-0.2, 0) is 58.7 Å². The molecule has 2 aromatic heterocycles. The Kier molecular flexibility index (Phi) is 28.5. The highest BCUT2D eigenvalue weighted by molar-refractivity contribution is 5.94. The molecule has 3 rings (SSSR count). The van der Waals surface area contributed by atoms with Crippen LogP contribution in [-0.4, -0.2) is 191 Å². The van der Waals surface area contributed by atoms with E-state index >= 15 is 0 Å². The number of hydrogen-bond acceptors (Lipinski definition) is 18. The van der Waals surface area contributed by atoms with Crippen molar-refractivity contribution in [1.82, 2.24) is 24.8 Å². The van der Waals surface area contributed by atoms with E-state index < -0.39 is 5.69 Å². The Balaban J connectivity index is 1.04. The topological polar surface area (TPSA) is 278 Å². The Morgan fingerprint density at radius 1 is 0.689 bits per heavy atom. The molecular formula is C38H61N9O14. The highest BCUT2D eigenvalue weighted by Gasteiger charge is 2.15. The van der Waals surface area contributed by atoms with Gasteiger partial charge in [-0.05, 0) is 23.2 Å². The van der Waals surface area contributed by atoms with Crippen LogP contribution in [0.2, 0.25) is 0 Å². The Morgan fingerprint density at radius 2 is 1.15 bits per heavy atom. The van der Waals surface area contributed by atoms with Crippen LogP contribution in [0.3, 0.4) is 0 Å². The molecular weight excluding hydrogens is 806 g/mol. The van der Waals surface area contributed by atoms with Crippen molar-refractivity contribution in [3.8, 4) is 6.01 Å². The summed E-state index contributed by atoms with van der Waals surface area (Å²) in [5, 5.41) is 6.20. The number of H-pyrrole nitrogens is 1. The van der Waals surface area contributed by atoms with Crippen LogP contribution in [0.15, 0.2) is 34.2 Å². The van der Waals surface area contributed by atoms with Crippen molar-refractivity contribution in [2.75, 3.05) is 171 Å². The molecule has 342 valence electrons. The molecule has 61 heavy (non-hydrogen) atoms. The number of benzene rings is 1. The average molecular weight is 868 g/mol. The van der Waals surface area contributed by atoms with Crippen molar-refractivity contribution in [3.63, 3.8) is 0 Å². The van der Waals surface area contributed by atoms with Gasteiger partial charge in [-0.3, -0.25) is 9.36 Å². The van der Waals surface area contributed by atoms with Gasteiger partial charge in [0.15, 0.2) is 11.5 Å². The van der Waals surface area contributed by atoms with Gasteiger partial charge in [-0.25, -0.2) is 4.79 Å². The zero-order valence-electron chi connectivity index (χ0n) is 35.0. The SMILES string of the molecule is COCCOc1nc(N)c2[nH]c(=O)n(Cc3ccc(C(=O)NCCOCCOCCOCCOCCOCCOCCOCCOCCOCCOCCN=[N+]=[N-])cc3)c2n1. The first-order valence-corrected chi connectivity index (χ1v) is 20.1. The summed E-state index contributed by atoms with van der Waals surface area (Å²) in [5.74, 6) is -0.149. The van der Waals surface area contributed by atoms with E-state index in [1.807, 2.05) is 0 Å². The fourth-order valence-electron chi connectivity index (χ4n) is 4.97. The van der Waals surface area contributed by atoms with Gasteiger partial charge in [0.05, 0.1) is 145 Å². The van der Waals surface area contributed by atoms with Gasteiger partial charge in [0, 0.05) is 30.7 Å². The minimum atomic E-state index is -0.399. The van der Waals surface area contributed by atoms with E-state index in [0.29, 0.717) is 169 Å².